The molecule has 1 amide bonds. The van der Waals surface area contributed by atoms with E-state index in [2.05, 4.69) is 14.9 Å². The van der Waals surface area contributed by atoms with Crippen molar-refractivity contribution >= 4 is 11.7 Å². The highest BCUT2D eigenvalue weighted by molar-refractivity contribution is 5.77. The average molecular weight is 334 g/mol. The largest absolute Gasteiger partial charge is 0.472 e. The van der Waals surface area contributed by atoms with E-state index in [0.29, 0.717) is 18.4 Å². The molecule has 2 aliphatic rings. The highest BCUT2D eigenvalue weighted by Crippen LogP contribution is 2.35. The van der Waals surface area contributed by atoms with Crippen LogP contribution in [-0.2, 0) is 9.53 Å². The summed E-state index contributed by atoms with van der Waals surface area (Å²) in [5.74, 6) is 1.37. The summed E-state index contributed by atoms with van der Waals surface area (Å²) in [5.41, 5.74) is 5.52. The smallest absolute Gasteiger partial charge is 0.257 e. The molecule has 1 aromatic rings. The Kier molecular flexibility index (Phi) is 5.18. The summed E-state index contributed by atoms with van der Waals surface area (Å²) in [4.78, 5) is 22.6. The van der Waals surface area contributed by atoms with Crippen molar-refractivity contribution in [2.45, 2.75) is 45.3 Å². The van der Waals surface area contributed by atoms with Crippen LogP contribution in [0.2, 0.25) is 0 Å². The Morgan fingerprint density at radius 1 is 1.29 bits per heavy atom. The number of hydrogen-bond acceptors (Lipinski definition) is 6. The second-order valence-electron chi connectivity index (χ2n) is 6.81. The Morgan fingerprint density at radius 2 is 2.00 bits per heavy atom. The summed E-state index contributed by atoms with van der Waals surface area (Å²) in [6.07, 6.45) is 6.02. The van der Waals surface area contributed by atoms with Crippen LogP contribution in [0.3, 0.4) is 0 Å². The number of carbonyl (C=O) groups is 1. The van der Waals surface area contributed by atoms with E-state index in [4.69, 9.17) is 15.2 Å². The Labute approximate surface area is 142 Å². The fourth-order valence-electron chi connectivity index (χ4n) is 3.66. The number of nitrogens with zero attached hydrogens (tertiary/aromatic N) is 3. The molecule has 2 saturated heterocycles. The second-order valence-corrected chi connectivity index (χ2v) is 6.81. The highest BCUT2D eigenvalue weighted by atomic mass is 16.5. The molecule has 7 heteroatoms. The zero-order chi connectivity index (χ0) is 17.1. The van der Waals surface area contributed by atoms with Gasteiger partial charge in [-0.15, -0.1) is 0 Å². The predicted octanol–water partition coefficient (Wildman–Crippen LogP) is 1.37. The molecule has 0 radical (unpaired) electrons. The first-order valence-corrected chi connectivity index (χ1v) is 8.69. The van der Waals surface area contributed by atoms with Crippen molar-refractivity contribution in [2.24, 2.45) is 17.6 Å². The number of nitrogens with two attached hydrogens (primary N) is 1. The number of rotatable bonds is 5. The first-order valence-electron chi connectivity index (χ1n) is 8.69. The van der Waals surface area contributed by atoms with Crippen LogP contribution in [0.25, 0.3) is 0 Å². The molecule has 0 aromatic carbocycles. The number of hydrogen-bond donors (Lipinski definition) is 1. The molecule has 0 spiro atoms. The Hall–Kier alpha value is -1.89. The Balaban J connectivity index is 1.64. The van der Waals surface area contributed by atoms with Crippen molar-refractivity contribution in [3.63, 3.8) is 0 Å². The summed E-state index contributed by atoms with van der Waals surface area (Å²) in [5, 5.41) is 0. The molecule has 3 heterocycles. The van der Waals surface area contributed by atoms with Crippen LogP contribution in [0.5, 0.6) is 5.88 Å². The molecule has 0 saturated carbocycles. The van der Waals surface area contributed by atoms with Crippen LogP contribution < -0.4 is 15.4 Å². The third kappa shape index (κ3) is 3.61. The zero-order valence-corrected chi connectivity index (χ0v) is 14.4. The minimum atomic E-state index is -0.235. The number of piperidine rings is 1. The monoisotopic (exact) mass is 334 g/mol. The van der Waals surface area contributed by atoms with Gasteiger partial charge in [-0.25, -0.2) is 9.97 Å². The van der Waals surface area contributed by atoms with E-state index in [-0.39, 0.29) is 24.0 Å². The van der Waals surface area contributed by atoms with Gasteiger partial charge in [0.1, 0.15) is 0 Å². The number of carbonyl (C=O) groups excluding carboxylic acids is 1. The first kappa shape index (κ1) is 17.0. The second kappa shape index (κ2) is 7.34. The fourth-order valence-corrected chi connectivity index (χ4v) is 3.66. The van der Waals surface area contributed by atoms with Gasteiger partial charge in [-0.3, -0.25) is 4.79 Å². The lowest BCUT2D eigenvalue weighted by Gasteiger charge is -2.36. The van der Waals surface area contributed by atoms with Gasteiger partial charge in [0, 0.05) is 32.1 Å². The van der Waals surface area contributed by atoms with Crippen LogP contribution in [0.1, 0.15) is 33.1 Å². The van der Waals surface area contributed by atoms with E-state index >= 15 is 0 Å². The number of anilines is 1. The van der Waals surface area contributed by atoms with Crippen molar-refractivity contribution in [1.29, 1.82) is 0 Å². The van der Waals surface area contributed by atoms with Gasteiger partial charge in [0.15, 0.2) is 5.82 Å². The third-order valence-corrected chi connectivity index (χ3v) is 4.80. The van der Waals surface area contributed by atoms with Crippen molar-refractivity contribution < 1.29 is 14.3 Å². The SMILES string of the molecule is CC(C)Oc1nccnc1N1CCC([C@H]2OCC[C@@H]2C(N)=O)CC1. The molecule has 2 atom stereocenters. The summed E-state index contributed by atoms with van der Waals surface area (Å²) >= 11 is 0. The molecule has 2 N–H and O–H groups in total. The standard InChI is InChI=1S/C17H26N4O3/c1-11(2)24-17-16(19-6-7-20-17)21-8-3-12(4-9-21)14-13(15(18)22)5-10-23-14/h6-7,11-14H,3-5,8-10H2,1-2H3,(H2,18,22)/t13-,14+/m0/s1. The number of amides is 1. The van der Waals surface area contributed by atoms with Crippen LogP contribution in [0.4, 0.5) is 5.82 Å². The van der Waals surface area contributed by atoms with Crippen molar-refractivity contribution in [3.05, 3.63) is 12.4 Å². The quantitative estimate of drug-likeness (QED) is 0.874. The van der Waals surface area contributed by atoms with Crippen LogP contribution in [-0.4, -0.2) is 47.8 Å². The molecule has 2 fully saturated rings. The van der Waals surface area contributed by atoms with Gasteiger partial charge in [0.25, 0.3) is 5.88 Å². The minimum Gasteiger partial charge on any atom is -0.472 e. The topological polar surface area (TPSA) is 90.6 Å². The van der Waals surface area contributed by atoms with E-state index in [1.807, 2.05) is 13.8 Å². The summed E-state index contributed by atoms with van der Waals surface area (Å²) in [6.45, 7) is 6.29. The molecule has 24 heavy (non-hydrogen) atoms. The van der Waals surface area contributed by atoms with Crippen molar-refractivity contribution in [3.8, 4) is 5.88 Å². The lowest BCUT2D eigenvalue weighted by atomic mass is 9.84. The van der Waals surface area contributed by atoms with Gasteiger partial charge < -0.3 is 20.1 Å². The van der Waals surface area contributed by atoms with E-state index in [0.717, 1.165) is 38.2 Å². The van der Waals surface area contributed by atoms with E-state index in [1.165, 1.54) is 0 Å². The molecular formula is C17H26N4O3. The van der Waals surface area contributed by atoms with Crippen LogP contribution in [0.15, 0.2) is 12.4 Å². The fraction of sp³-hybridized carbons (Fsp3) is 0.706. The Morgan fingerprint density at radius 3 is 2.67 bits per heavy atom. The first-order chi connectivity index (χ1) is 11.6. The van der Waals surface area contributed by atoms with E-state index in [1.54, 1.807) is 12.4 Å². The van der Waals surface area contributed by atoms with Gasteiger partial charge in [0.05, 0.1) is 18.1 Å². The molecule has 0 aliphatic carbocycles. The van der Waals surface area contributed by atoms with Crippen LogP contribution >= 0.6 is 0 Å². The normalized spacial score (nSPS) is 25.2. The van der Waals surface area contributed by atoms with Crippen LogP contribution in [0, 0.1) is 11.8 Å². The summed E-state index contributed by atoms with van der Waals surface area (Å²) in [6, 6.07) is 0. The molecule has 0 bridgehead atoms. The summed E-state index contributed by atoms with van der Waals surface area (Å²) < 4.78 is 11.6. The van der Waals surface area contributed by atoms with E-state index < -0.39 is 0 Å². The number of aromatic nitrogens is 2. The molecule has 132 valence electrons. The third-order valence-electron chi connectivity index (χ3n) is 4.80. The van der Waals surface area contributed by atoms with Gasteiger partial charge in [-0.1, -0.05) is 0 Å². The average Bonchev–Trinajstić information content (AvgIpc) is 3.05. The molecule has 7 nitrogen and oxygen atoms in total. The molecule has 1 aromatic heterocycles. The lowest BCUT2D eigenvalue weighted by molar-refractivity contribution is -0.124. The van der Waals surface area contributed by atoms with Crippen molar-refractivity contribution in [2.75, 3.05) is 24.6 Å². The maximum atomic E-state index is 11.6. The van der Waals surface area contributed by atoms with Gasteiger partial charge in [0.2, 0.25) is 5.91 Å². The number of ether oxygens (including phenoxy) is 2. The highest BCUT2D eigenvalue weighted by Gasteiger charge is 2.39. The van der Waals surface area contributed by atoms with Gasteiger partial charge in [-0.05, 0) is 39.0 Å². The minimum absolute atomic E-state index is 0.0297. The predicted molar refractivity (Wildman–Crippen MR) is 89.8 cm³/mol. The number of primary amides is 1. The zero-order valence-electron chi connectivity index (χ0n) is 14.4. The van der Waals surface area contributed by atoms with Gasteiger partial charge in [-0.2, -0.15) is 0 Å². The molecule has 0 unspecified atom stereocenters. The molecular weight excluding hydrogens is 308 g/mol. The van der Waals surface area contributed by atoms with Gasteiger partial charge >= 0.3 is 0 Å². The molecule has 2 aliphatic heterocycles. The lowest BCUT2D eigenvalue weighted by Crippen LogP contribution is -2.42. The Bertz CT molecular complexity index is 573. The molecule has 3 rings (SSSR count). The maximum absolute atomic E-state index is 11.6. The summed E-state index contributed by atoms with van der Waals surface area (Å²) in [7, 11) is 0. The maximum Gasteiger partial charge on any atom is 0.257 e. The van der Waals surface area contributed by atoms with E-state index in [9.17, 15) is 4.79 Å². The van der Waals surface area contributed by atoms with Crippen molar-refractivity contribution in [1.82, 2.24) is 9.97 Å².